The van der Waals surface area contributed by atoms with Crippen molar-refractivity contribution in [3.63, 3.8) is 0 Å². The van der Waals surface area contributed by atoms with Crippen LogP contribution in [0.2, 0.25) is 0 Å². The van der Waals surface area contributed by atoms with Crippen molar-refractivity contribution in [3.8, 4) is 0 Å². The van der Waals surface area contributed by atoms with Crippen LogP contribution in [0.25, 0.3) is 0 Å². The summed E-state index contributed by atoms with van der Waals surface area (Å²) in [5.41, 5.74) is 4.49. The zero-order chi connectivity index (χ0) is 29.8. The Hall–Kier alpha value is -4.04. The van der Waals surface area contributed by atoms with Crippen LogP contribution < -0.4 is 15.1 Å². The van der Waals surface area contributed by atoms with E-state index < -0.39 is 5.54 Å². The van der Waals surface area contributed by atoms with Gasteiger partial charge in [0.25, 0.3) is 0 Å². The molecule has 226 valence electrons. The number of nitrogens with one attached hydrogen (secondary N) is 1. The Morgan fingerprint density at radius 2 is 1.72 bits per heavy atom. The van der Waals surface area contributed by atoms with Crippen molar-refractivity contribution in [2.24, 2.45) is 0 Å². The number of hydrogen-bond acceptors (Lipinski definition) is 7. The first kappa shape index (κ1) is 29.1. The third-order valence-corrected chi connectivity index (χ3v) is 9.29. The standard InChI is InChI=1S/C35H43N5O3/c1-3-27(2)43-33(41)29-12-9-11-28(23-29)24-39-26-40(30-13-5-4-6-14-30)35(34(39)42)17-21-37(22-18-35)19-10-20-38-25-36-31-15-7-8-16-32(31)38/h4-9,11-16,23,27,36H,3,10,17-22,24-26H2,1-2H3. The third kappa shape index (κ3) is 6.07. The van der Waals surface area contributed by atoms with E-state index in [0.29, 0.717) is 18.8 Å². The zero-order valence-electron chi connectivity index (χ0n) is 25.4. The maximum atomic E-state index is 14.2. The predicted octanol–water partition coefficient (Wildman–Crippen LogP) is 5.56. The van der Waals surface area contributed by atoms with Gasteiger partial charge in [-0.15, -0.1) is 0 Å². The molecule has 43 heavy (non-hydrogen) atoms. The van der Waals surface area contributed by atoms with E-state index in [-0.39, 0.29) is 18.0 Å². The van der Waals surface area contributed by atoms with Crippen molar-refractivity contribution >= 4 is 28.9 Å². The molecular formula is C35H43N5O3. The van der Waals surface area contributed by atoms with E-state index in [9.17, 15) is 9.59 Å². The highest BCUT2D eigenvalue weighted by molar-refractivity contribution is 5.94. The normalized spacial score (nSPS) is 18.6. The Balaban J connectivity index is 1.11. The Morgan fingerprint density at radius 3 is 2.51 bits per heavy atom. The van der Waals surface area contributed by atoms with Gasteiger partial charge in [0.15, 0.2) is 0 Å². The van der Waals surface area contributed by atoms with Gasteiger partial charge in [-0.1, -0.05) is 49.4 Å². The average Bonchev–Trinajstić information content (AvgIpc) is 3.57. The lowest BCUT2D eigenvalue weighted by atomic mass is 9.85. The summed E-state index contributed by atoms with van der Waals surface area (Å²) in [6.07, 6.45) is 3.32. The number of likely N-dealkylation sites (tertiary alicyclic amines) is 1. The molecule has 3 aromatic carbocycles. The minimum absolute atomic E-state index is 0.129. The van der Waals surface area contributed by atoms with Gasteiger partial charge < -0.3 is 29.7 Å². The predicted molar refractivity (Wildman–Crippen MR) is 171 cm³/mol. The largest absolute Gasteiger partial charge is 0.459 e. The Bertz CT molecular complexity index is 1420. The molecule has 1 atom stereocenters. The number of carbonyl (C=O) groups excluding carboxylic acids is 2. The van der Waals surface area contributed by atoms with E-state index >= 15 is 0 Å². The molecule has 8 heteroatoms. The molecule has 1 spiro atoms. The Labute approximate surface area is 255 Å². The number of nitrogens with zero attached hydrogens (tertiary/aromatic N) is 4. The fraction of sp³-hybridized carbons (Fsp3) is 0.429. The second kappa shape index (κ2) is 12.7. The number of para-hydroxylation sites is 3. The highest BCUT2D eigenvalue weighted by atomic mass is 16.5. The molecule has 1 N–H and O–H groups in total. The summed E-state index contributed by atoms with van der Waals surface area (Å²) in [4.78, 5) is 36.1. The van der Waals surface area contributed by atoms with Gasteiger partial charge in [-0.3, -0.25) is 4.79 Å². The van der Waals surface area contributed by atoms with Crippen LogP contribution in [-0.2, 0) is 16.1 Å². The number of anilines is 3. The Morgan fingerprint density at radius 1 is 0.953 bits per heavy atom. The smallest absolute Gasteiger partial charge is 0.338 e. The van der Waals surface area contributed by atoms with Gasteiger partial charge in [-0.05, 0) is 81.1 Å². The molecular weight excluding hydrogens is 538 g/mol. The first-order valence-corrected chi connectivity index (χ1v) is 15.7. The molecule has 0 radical (unpaired) electrons. The quantitative estimate of drug-likeness (QED) is 0.314. The van der Waals surface area contributed by atoms with Crippen molar-refractivity contribution in [3.05, 3.63) is 90.0 Å². The summed E-state index contributed by atoms with van der Waals surface area (Å²) in [7, 11) is 0. The molecule has 0 aliphatic carbocycles. The Kier molecular flexibility index (Phi) is 8.56. The van der Waals surface area contributed by atoms with E-state index in [1.165, 1.54) is 11.4 Å². The van der Waals surface area contributed by atoms with Gasteiger partial charge in [0.05, 0.1) is 36.4 Å². The number of ether oxygens (including phenoxy) is 1. The number of amides is 1. The molecule has 3 aliphatic heterocycles. The number of fused-ring (bicyclic) bond motifs is 1. The topological polar surface area (TPSA) is 68.4 Å². The summed E-state index contributed by atoms with van der Waals surface area (Å²) in [6.45, 7) is 9.59. The fourth-order valence-electron chi connectivity index (χ4n) is 6.67. The molecule has 8 nitrogen and oxygen atoms in total. The zero-order valence-corrected chi connectivity index (χ0v) is 25.4. The second-order valence-electron chi connectivity index (χ2n) is 12.1. The lowest BCUT2D eigenvalue weighted by Gasteiger charge is -2.43. The van der Waals surface area contributed by atoms with Gasteiger partial charge in [0.2, 0.25) is 5.91 Å². The molecule has 0 aromatic heterocycles. The molecule has 1 amide bonds. The van der Waals surface area contributed by atoms with Crippen molar-refractivity contribution in [1.82, 2.24) is 9.80 Å². The molecule has 3 aliphatic rings. The van der Waals surface area contributed by atoms with E-state index in [4.69, 9.17) is 4.74 Å². The lowest BCUT2D eigenvalue weighted by Crippen LogP contribution is -2.56. The summed E-state index contributed by atoms with van der Waals surface area (Å²) in [6, 6.07) is 26.3. The maximum Gasteiger partial charge on any atom is 0.338 e. The van der Waals surface area contributed by atoms with Crippen LogP contribution in [0.4, 0.5) is 17.1 Å². The number of rotatable bonds is 10. The summed E-state index contributed by atoms with van der Waals surface area (Å²) in [5.74, 6) is -0.132. The number of benzene rings is 3. The number of esters is 1. The van der Waals surface area contributed by atoms with Crippen LogP contribution in [-0.4, -0.2) is 72.8 Å². The summed E-state index contributed by atoms with van der Waals surface area (Å²) < 4.78 is 5.54. The SMILES string of the molecule is CCC(C)OC(=O)c1cccc(CN2CN(c3ccccc3)C3(CCN(CCCN4CNc5ccccc54)CC3)C2=O)c1. The molecule has 2 fully saturated rings. The average molecular weight is 582 g/mol. The van der Waals surface area contributed by atoms with E-state index in [1.54, 1.807) is 6.07 Å². The molecule has 0 bridgehead atoms. The number of carbonyl (C=O) groups is 2. The van der Waals surface area contributed by atoms with Crippen molar-refractivity contribution in [2.45, 2.75) is 57.7 Å². The van der Waals surface area contributed by atoms with Crippen LogP contribution in [0.15, 0.2) is 78.9 Å². The van der Waals surface area contributed by atoms with Crippen LogP contribution >= 0.6 is 0 Å². The number of piperidine rings is 1. The molecule has 6 rings (SSSR count). The first-order chi connectivity index (χ1) is 21.0. The minimum Gasteiger partial charge on any atom is -0.459 e. The maximum absolute atomic E-state index is 14.2. The fourth-order valence-corrected chi connectivity index (χ4v) is 6.67. The van der Waals surface area contributed by atoms with E-state index in [2.05, 4.69) is 56.4 Å². The summed E-state index contributed by atoms with van der Waals surface area (Å²) in [5, 5.41) is 3.48. The van der Waals surface area contributed by atoms with Gasteiger partial charge in [-0.2, -0.15) is 0 Å². The van der Waals surface area contributed by atoms with Gasteiger partial charge in [-0.25, -0.2) is 4.79 Å². The lowest BCUT2D eigenvalue weighted by molar-refractivity contribution is -0.134. The molecule has 1 unspecified atom stereocenters. The molecule has 2 saturated heterocycles. The molecule has 3 aromatic rings. The van der Waals surface area contributed by atoms with Crippen LogP contribution in [0.5, 0.6) is 0 Å². The monoisotopic (exact) mass is 581 g/mol. The first-order valence-electron chi connectivity index (χ1n) is 15.7. The van der Waals surface area contributed by atoms with Crippen LogP contribution in [0.1, 0.15) is 55.5 Å². The van der Waals surface area contributed by atoms with E-state index in [1.807, 2.05) is 55.1 Å². The van der Waals surface area contributed by atoms with Crippen LogP contribution in [0, 0.1) is 0 Å². The minimum atomic E-state index is -0.553. The van der Waals surface area contributed by atoms with Crippen molar-refractivity contribution in [2.75, 3.05) is 54.6 Å². The van der Waals surface area contributed by atoms with Gasteiger partial charge in [0, 0.05) is 31.9 Å². The second-order valence-corrected chi connectivity index (χ2v) is 12.1. The van der Waals surface area contributed by atoms with Gasteiger partial charge >= 0.3 is 5.97 Å². The molecule has 3 heterocycles. The summed E-state index contributed by atoms with van der Waals surface area (Å²) >= 11 is 0. The van der Waals surface area contributed by atoms with E-state index in [0.717, 1.165) is 69.8 Å². The number of hydrogen-bond donors (Lipinski definition) is 1. The van der Waals surface area contributed by atoms with Crippen LogP contribution in [0.3, 0.4) is 0 Å². The third-order valence-electron chi connectivity index (χ3n) is 9.29. The molecule has 0 saturated carbocycles. The van der Waals surface area contributed by atoms with Crippen molar-refractivity contribution in [1.29, 1.82) is 0 Å². The van der Waals surface area contributed by atoms with Gasteiger partial charge in [0.1, 0.15) is 5.54 Å². The highest BCUT2D eigenvalue weighted by Gasteiger charge is 2.53. The highest BCUT2D eigenvalue weighted by Crippen LogP contribution is 2.40. The van der Waals surface area contributed by atoms with Crippen molar-refractivity contribution < 1.29 is 14.3 Å².